The smallest absolute Gasteiger partial charge is 0.0418 e. The van der Waals surface area contributed by atoms with Crippen LogP contribution in [0.25, 0.3) is 0 Å². The van der Waals surface area contributed by atoms with Crippen LogP contribution in [-0.4, -0.2) is 54.6 Å². The number of nitrogens with two attached hydrogens (primary N) is 1. The van der Waals surface area contributed by atoms with Gasteiger partial charge in [0, 0.05) is 49.3 Å². The summed E-state index contributed by atoms with van der Waals surface area (Å²) in [5.74, 6) is 5.81. The molecular weight excluding hydrogens is 304 g/mol. The van der Waals surface area contributed by atoms with Crippen molar-refractivity contribution >= 4 is 15.9 Å². The summed E-state index contributed by atoms with van der Waals surface area (Å²) in [7, 11) is 0. The predicted octanol–water partition coefficient (Wildman–Crippen LogP) is 0.823. The Morgan fingerprint density at radius 2 is 1.89 bits per heavy atom. The topological polar surface area (TPSA) is 44.5 Å². The molecule has 2 atom stereocenters. The van der Waals surface area contributed by atoms with Crippen molar-refractivity contribution in [3.8, 4) is 0 Å². The summed E-state index contributed by atoms with van der Waals surface area (Å²) in [6.45, 7) is 5.94. The molecule has 3 aliphatic heterocycles. The lowest BCUT2D eigenvalue weighted by atomic mass is 9.95. The summed E-state index contributed by atoms with van der Waals surface area (Å²) >= 11 is 3.48. The number of fused-ring (bicyclic) bond motifs is 3. The normalized spacial score (nSPS) is 31.4. The third-order valence-electron chi connectivity index (χ3n) is 4.37. The second-order valence-corrected chi connectivity index (χ2v) is 6.42. The van der Waals surface area contributed by atoms with Gasteiger partial charge in [-0.05, 0) is 24.1 Å². The Balaban J connectivity index is 1.68. The van der Waals surface area contributed by atoms with E-state index in [1.165, 1.54) is 31.7 Å². The van der Waals surface area contributed by atoms with Crippen LogP contribution in [0.1, 0.15) is 5.56 Å². The van der Waals surface area contributed by atoms with Crippen LogP contribution in [0.15, 0.2) is 28.7 Å². The molecule has 1 aromatic rings. The van der Waals surface area contributed by atoms with E-state index in [-0.39, 0.29) is 0 Å². The van der Waals surface area contributed by atoms with Gasteiger partial charge in [-0.25, -0.2) is 0 Å². The fourth-order valence-corrected chi connectivity index (χ4v) is 3.48. The highest BCUT2D eigenvalue weighted by Gasteiger charge is 2.36. The number of hydrazine groups is 1. The second-order valence-electron chi connectivity index (χ2n) is 5.51. The Kier molecular flexibility index (Phi) is 4.19. The first-order chi connectivity index (χ1) is 9.26. The number of nitrogens with zero attached hydrogens (tertiary/aromatic N) is 2. The lowest BCUT2D eigenvalue weighted by molar-refractivity contribution is -0.00314. The van der Waals surface area contributed by atoms with Gasteiger partial charge in [-0.1, -0.05) is 28.1 Å². The third kappa shape index (κ3) is 3.01. The van der Waals surface area contributed by atoms with Gasteiger partial charge in [0.1, 0.15) is 0 Å². The van der Waals surface area contributed by atoms with Crippen LogP contribution in [0.2, 0.25) is 0 Å². The first-order valence-corrected chi connectivity index (χ1v) is 7.72. The number of halogens is 1. The van der Waals surface area contributed by atoms with Crippen LogP contribution in [0.4, 0.5) is 0 Å². The molecule has 0 aromatic heterocycles. The van der Waals surface area contributed by atoms with E-state index < -0.39 is 0 Å². The minimum Gasteiger partial charge on any atom is -0.299 e. The van der Waals surface area contributed by atoms with E-state index >= 15 is 0 Å². The van der Waals surface area contributed by atoms with Crippen molar-refractivity contribution < 1.29 is 0 Å². The van der Waals surface area contributed by atoms with Gasteiger partial charge in [0.15, 0.2) is 0 Å². The van der Waals surface area contributed by atoms with Gasteiger partial charge >= 0.3 is 0 Å². The van der Waals surface area contributed by atoms with Gasteiger partial charge in [-0.2, -0.15) is 0 Å². The van der Waals surface area contributed by atoms with Crippen LogP contribution in [0, 0.1) is 0 Å². The molecule has 4 rings (SSSR count). The van der Waals surface area contributed by atoms with E-state index in [0.717, 1.165) is 17.4 Å². The third-order valence-corrected chi connectivity index (χ3v) is 4.90. The monoisotopic (exact) mass is 324 g/mol. The van der Waals surface area contributed by atoms with E-state index in [9.17, 15) is 0 Å². The van der Waals surface area contributed by atoms with Gasteiger partial charge in [-0.3, -0.25) is 21.1 Å². The number of piperazine rings is 3. The molecule has 3 saturated heterocycles. The second kappa shape index (κ2) is 5.89. The van der Waals surface area contributed by atoms with E-state index in [0.29, 0.717) is 12.1 Å². The molecule has 1 aromatic carbocycles. The van der Waals surface area contributed by atoms with Crippen molar-refractivity contribution in [2.45, 2.75) is 18.5 Å². The summed E-state index contributed by atoms with van der Waals surface area (Å²) in [4.78, 5) is 5.14. The Morgan fingerprint density at radius 1 is 1.21 bits per heavy atom. The zero-order chi connectivity index (χ0) is 13.2. The lowest BCUT2D eigenvalue weighted by Crippen LogP contribution is -2.67. The minimum atomic E-state index is 0.323. The Bertz CT molecular complexity index is 414. The Morgan fingerprint density at radius 3 is 2.42 bits per heavy atom. The number of rotatable bonds is 4. The zero-order valence-electron chi connectivity index (χ0n) is 11.1. The van der Waals surface area contributed by atoms with E-state index in [1.807, 2.05) is 0 Å². The van der Waals surface area contributed by atoms with E-state index in [1.54, 1.807) is 0 Å². The van der Waals surface area contributed by atoms with Gasteiger partial charge in [0.25, 0.3) is 0 Å². The summed E-state index contributed by atoms with van der Waals surface area (Å²) in [6, 6.07) is 9.40. The Hall–Kier alpha value is -0.460. The average molecular weight is 325 g/mol. The van der Waals surface area contributed by atoms with Crippen molar-refractivity contribution in [3.05, 3.63) is 34.3 Å². The molecule has 5 heteroatoms. The van der Waals surface area contributed by atoms with Crippen LogP contribution in [0.3, 0.4) is 0 Å². The summed E-state index contributed by atoms with van der Waals surface area (Å²) < 4.78 is 1.13. The highest BCUT2D eigenvalue weighted by Crippen LogP contribution is 2.20. The number of hydrogen-bond acceptors (Lipinski definition) is 4. The molecular formula is C14H21BrN4. The van der Waals surface area contributed by atoms with Crippen LogP contribution in [0.5, 0.6) is 0 Å². The number of hydrogen-bond donors (Lipinski definition) is 2. The standard InChI is InChI=1S/C14H21BrN4/c15-12-3-1-11(2-4-12)9-13(17-16)14-10-18-5-7-19(14)8-6-18/h1-4,13-14,17H,5-10,16H2. The van der Waals surface area contributed by atoms with Gasteiger partial charge in [-0.15, -0.1) is 0 Å². The fraction of sp³-hybridized carbons (Fsp3) is 0.571. The SMILES string of the molecule is NNC(Cc1ccc(Br)cc1)C1CN2CCN1CC2. The molecule has 3 fully saturated rings. The molecule has 19 heavy (non-hydrogen) atoms. The quantitative estimate of drug-likeness (QED) is 0.636. The van der Waals surface area contributed by atoms with Crippen molar-refractivity contribution in [1.82, 2.24) is 15.2 Å². The molecule has 0 spiro atoms. The Labute approximate surface area is 123 Å². The average Bonchev–Trinajstić information content (AvgIpc) is 2.48. The predicted molar refractivity (Wildman–Crippen MR) is 80.8 cm³/mol. The van der Waals surface area contributed by atoms with E-state index in [4.69, 9.17) is 5.84 Å². The minimum absolute atomic E-state index is 0.323. The molecule has 104 valence electrons. The molecule has 0 radical (unpaired) electrons. The van der Waals surface area contributed by atoms with Gasteiger partial charge in [0.2, 0.25) is 0 Å². The summed E-state index contributed by atoms with van der Waals surface area (Å²) in [5, 5.41) is 0. The zero-order valence-corrected chi connectivity index (χ0v) is 12.6. The molecule has 0 amide bonds. The summed E-state index contributed by atoms with van der Waals surface area (Å²) in [6.07, 6.45) is 0.985. The van der Waals surface area contributed by atoms with E-state index in [2.05, 4.69) is 55.4 Å². The highest BCUT2D eigenvalue weighted by atomic mass is 79.9. The van der Waals surface area contributed by atoms with Crippen LogP contribution in [-0.2, 0) is 6.42 Å². The molecule has 0 saturated carbocycles. The highest BCUT2D eigenvalue weighted by molar-refractivity contribution is 9.10. The van der Waals surface area contributed by atoms with Crippen molar-refractivity contribution in [1.29, 1.82) is 0 Å². The molecule has 2 bridgehead atoms. The van der Waals surface area contributed by atoms with Crippen LogP contribution < -0.4 is 11.3 Å². The maximum absolute atomic E-state index is 5.81. The first-order valence-electron chi connectivity index (χ1n) is 6.93. The summed E-state index contributed by atoms with van der Waals surface area (Å²) in [5.41, 5.74) is 4.38. The number of nitrogens with one attached hydrogen (secondary N) is 1. The van der Waals surface area contributed by atoms with Gasteiger partial charge in [0.05, 0.1) is 0 Å². The molecule has 2 unspecified atom stereocenters. The van der Waals surface area contributed by atoms with Crippen LogP contribution >= 0.6 is 15.9 Å². The molecule has 3 aliphatic rings. The molecule has 0 aliphatic carbocycles. The van der Waals surface area contributed by atoms with Crippen molar-refractivity contribution in [2.75, 3.05) is 32.7 Å². The first kappa shape index (κ1) is 13.5. The fourth-order valence-electron chi connectivity index (χ4n) is 3.22. The molecule has 4 nitrogen and oxygen atoms in total. The molecule has 3 heterocycles. The largest absolute Gasteiger partial charge is 0.299 e. The maximum atomic E-state index is 5.81. The van der Waals surface area contributed by atoms with Crippen molar-refractivity contribution in [3.63, 3.8) is 0 Å². The van der Waals surface area contributed by atoms with Gasteiger partial charge < -0.3 is 0 Å². The molecule has 3 N–H and O–H groups in total. The lowest BCUT2D eigenvalue weighted by Gasteiger charge is -2.50. The maximum Gasteiger partial charge on any atom is 0.0418 e. The number of benzene rings is 1. The van der Waals surface area contributed by atoms with Crippen molar-refractivity contribution in [2.24, 2.45) is 5.84 Å².